The number of urea groups is 1. The van der Waals surface area contributed by atoms with Crippen molar-refractivity contribution in [2.45, 2.75) is 19.9 Å². The largest absolute Gasteiger partial charge is 0.336 e. The first-order valence-electron chi connectivity index (χ1n) is 4.15. The molecule has 0 unspecified atom stereocenters. The van der Waals surface area contributed by atoms with Gasteiger partial charge in [-0.3, -0.25) is 10.00 Å². The van der Waals surface area contributed by atoms with Gasteiger partial charge >= 0.3 is 6.03 Å². The molecule has 0 bridgehead atoms. The number of amides is 2. The molecule has 0 aromatic carbocycles. The molecule has 0 radical (unpaired) electrons. The standard InChI is InChI=1S/C8H14N4O/c1-6(2)10-8(13)11-7-4-5-9-12(7)3/h4-6H,1-3H3,(H2,10,11,13). The first-order valence-corrected chi connectivity index (χ1v) is 4.15. The Hall–Kier alpha value is -1.52. The monoisotopic (exact) mass is 182 g/mol. The Bertz CT molecular complexity index is 292. The van der Waals surface area contributed by atoms with Crippen molar-refractivity contribution < 1.29 is 4.79 Å². The van der Waals surface area contributed by atoms with Crippen LogP contribution in [0.2, 0.25) is 0 Å². The number of nitrogens with one attached hydrogen (secondary N) is 2. The van der Waals surface area contributed by atoms with Gasteiger partial charge < -0.3 is 5.32 Å². The molecule has 5 nitrogen and oxygen atoms in total. The predicted octanol–water partition coefficient (Wildman–Crippen LogP) is 0.950. The Labute approximate surface area is 77.1 Å². The van der Waals surface area contributed by atoms with Crippen LogP contribution in [0.5, 0.6) is 0 Å². The van der Waals surface area contributed by atoms with Gasteiger partial charge in [0.25, 0.3) is 0 Å². The third-order valence-corrected chi connectivity index (χ3v) is 1.48. The van der Waals surface area contributed by atoms with E-state index < -0.39 is 0 Å². The highest BCUT2D eigenvalue weighted by Crippen LogP contribution is 2.02. The van der Waals surface area contributed by atoms with Crippen molar-refractivity contribution in [2.24, 2.45) is 7.05 Å². The summed E-state index contributed by atoms with van der Waals surface area (Å²) in [7, 11) is 1.77. The second kappa shape index (κ2) is 3.93. The molecule has 72 valence electrons. The number of aryl methyl sites for hydroxylation is 1. The SMILES string of the molecule is CC(C)NC(=O)Nc1ccnn1C. The molecule has 1 heterocycles. The average Bonchev–Trinajstić information content (AvgIpc) is 2.34. The lowest BCUT2D eigenvalue weighted by Crippen LogP contribution is -2.34. The number of nitrogens with zero attached hydrogens (tertiary/aromatic N) is 2. The summed E-state index contributed by atoms with van der Waals surface area (Å²) < 4.78 is 1.60. The van der Waals surface area contributed by atoms with Crippen LogP contribution < -0.4 is 10.6 Å². The Morgan fingerprint density at radius 2 is 2.31 bits per heavy atom. The van der Waals surface area contributed by atoms with Gasteiger partial charge in [-0.1, -0.05) is 0 Å². The molecule has 0 fully saturated rings. The van der Waals surface area contributed by atoms with Gasteiger partial charge in [-0.25, -0.2) is 4.79 Å². The molecule has 0 aliphatic heterocycles. The summed E-state index contributed by atoms with van der Waals surface area (Å²) in [5, 5.41) is 9.31. The van der Waals surface area contributed by atoms with E-state index in [1.165, 1.54) is 0 Å². The van der Waals surface area contributed by atoms with Crippen molar-refractivity contribution in [1.82, 2.24) is 15.1 Å². The van der Waals surface area contributed by atoms with Gasteiger partial charge in [0.1, 0.15) is 5.82 Å². The maximum atomic E-state index is 11.2. The number of rotatable bonds is 2. The zero-order chi connectivity index (χ0) is 9.84. The van der Waals surface area contributed by atoms with Gasteiger partial charge in [0, 0.05) is 19.2 Å². The van der Waals surface area contributed by atoms with Gasteiger partial charge in [-0.2, -0.15) is 5.10 Å². The lowest BCUT2D eigenvalue weighted by atomic mass is 10.4. The second-order valence-corrected chi connectivity index (χ2v) is 3.09. The van der Waals surface area contributed by atoms with Gasteiger partial charge in [0.05, 0.1) is 6.20 Å². The fourth-order valence-electron chi connectivity index (χ4n) is 0.911. The summed E-state index contributed by atoms with van der Waals surface area (Å²) >= 11 is 0. The van der Waals surface area contributed by atoms with Crippen molar-refractivity contribution in [3.8, 4) is 0 Å². The quantitative estimate of drug-likeness (QED) is 0.715. The minimum absolute atomic E-state index is 0.133. The lowest BCUT2D eigenvalue weighted by Gasteiger charge is -2.09. The maximum absolute atomic E-state index is 11.2. The second-order valence-electron chi connectivity index (χ2n) is 3.09. The predicted molar refractivity (Wildman–Crippen MR) is 50.5 cm³/mol. The van der Waals surface area contributed by atoms with Gasteiger partial charge in [-0.05, 0) is 13.8 Å². The highest BCUT2D eigenvalue weighted by Gasteiger charge is 2.04. The Balaban J connectivity index is 2.50. The molecule has 0 spiro atoms. The van der Waals surface area contributed by atoms with Crippen LogP contribution in [0.3, 0.4) is 0 Å². The van der Waals surface area contributed by atoms with E-state index in [1.807, 2.05) is 13.8 Å². The first kappa shape index (κ1) is 9.57. The van der Waals surface area contributed by atoms with E-state index in [0.717, 1.165) is 0 Å². The number of hydrogen-bond acceptors (Lipinski definition) is 2. The van der Waals surface area contributed by atoms with E-state index in [9.17, 15) is 4.79 Å². The van der Waals surface area contributed by atoms with E-state index >= 15 is 0 Å². The molecule has 2 amide bonds. The molecule has 1 rings (SSSR count). The van der Waals surface area contributed by atoms with Crippen LogP contribution in [0.15, 0.2) is 12.3 Å². The van der Waals surface area contributed by atoms with E-state index in [0.29, 0.717) is 5.82 Å². The summed E-state index contributed by atoms with van der Waals surface area (Å²) in [4.78, 5) is 11.2. The van der Waals surface area contributed by atoms with Gasteiger partial charge in [0.2, 0.25) is 0 Å². The van der Waals surface area contributed by atoms with Crippen LogP contribution in [0, 0.1) is 0 Å². The van der Waals surface area contributed by atoms with Crippen LogP contribution in [-0.4, -0.2) is 21.9 Å². The Morgan fingerprint density at radius 3 is 2.77 bits per heavy atom. The number of anilines is 1. The minimum atomic E-state index is -0.210. The molecule has 0 aliphatic rings. The number of carbonyl (C=O) groups excluding carboxylic acids is 1. The van der Waals surface area contributed by atoms with Crippen LogP contribution >= 0.6 is 0 Å². The molecule has 0 atom stereocenters. The first-order chi connectivity index (χ1) is 6.09. The smallest absolute Gasteiger partial charge is 0.320 e. The van der Waals surface area contributed by atoms with E-state index in [1.54, 1.807) is 24.0 Å². The summed E-state index contributed by atoms with van der Waals surface area (Å²) in [6.07, 6.45) is 1.63. The average molecular weight is 182 g/mol. The van der Waals surface area contributed by atoms with Crippen LogP contribution in [0.1, 0.15) is 13.8 Å². The zero-order valence-corrected chi connectivity index (χ0v) is 8.03. The zero-order valence-electron chi connectivity index (χ0n) is 8.03. The van der Waals surface area contributed by atoms with Crippen LogP contribution in [0.4, 0.5) is 10.6 Å². The lowest BCUT2D eigenvalue weighted by molar-refractivity contribution is 0.250. The summed E-state index contributed by atoms with van der Waals surface area (Å²) in [6, 6.07) is 1.66. The van der Waals surface area contributed by atoms with Gasteiger partial charge in [-0.15, -0.1) is 0 Å². The van der Waals surface area contributed by atoms with E-state index in [4.69, 9.17) is 0 Å². The van der Waals surface area contributed by atoms with Crippen molar-refractivity contribution >= 4 is 11.8 Å². The molecule has 1 aromatic rings. The summed E-state index contributed by atoms with van der Waals surface area (Å²) in [5.41, 5.74) is 0. The fraction of sp³-hybridized carbons (Fsp3) is 0.500. The fourth-order valence-corrected chi connectivity index (χ4v) is 0.911. The summed E-state index contributed by atoms with van der Waals surface area (Å²) in [5.74, 6) is 0.679. The highest BCUT2D eigenvalue weighted by molar-refractivity contribution is 5.88. The van der Waals surface area contributed by atoms with Crippen LogP contribution in [-0.2, 0) is 7.05 Å². The van der Waals surface area contributed by atoms with Crippen molar-refractivity contribution in [3.05, 3.63) is 12.3 Å². The Kier molecular flexibility index (Phi) is 2.89. The molecule has 13 heavy (non-hydrogen) atoms. The van der Waals surface area contributed by atoms with Gasteiger partial charge in [0.15, 0.2) is 0 Å². The Morgan fingerprint density at radius 1 is 1.62 bits per heavy atom. The third-order valence-electron chi connectivity index (χ3n) is 1.48. The number of carbonyl (C=O) groups is 1. The molecule has 0 saturated heterocycles. The maximum Gasteiger partial charge on any atom is 0.320 e. The normalized spacial score (nSPS) is 10.2. The van der Waals surface area contributed by atoms with E-state index in [2.05, 4.69) is 15.7 Å². The molecule has 0 saturated carbocycles. The third kappa shape index (κ3) is 2.77. The van der Waals surface area contributed by atoms with Crippen molar-refractivity contribution in [3.63, 3.8) is 0 Å². The molecule has 5 heteroatoms. The minimum Gasteiger partial charge on any atom is -0.336 e. The molecule has 2 N–H and O–H groups in total. The number of aromatic nitrogens is 2. The molecular formula is C8H14N4O. The molecule has 1 aromatic heterocycles. The highest BCUT2D eigenvalue weighted by atomic mass is 16.2. The molecular weight excluding hydrogens is 168 g/mol. The van der Waals surface area contributed by atoms with Crippen molar-refractivity contribution in [1.29, 1.82) is 0 Å². The topological polar surface area (TPSA) is 59.0 Å². The molecule has 0 aliphatic carbocycles. The van der Waals surface area contributed by atoms with Crippen LogP contribution in [0.25, 0.3) is 0 Å². The van der Waals surface area contributed by atoms with Crippen molar-refractivity contribution in [2.75, 3.05) is 5.32 Å². The summed E-state index contributed by atoms with van der Waals surface area (Å²) in [6.45, 7) is 3.81. The van der Waals surface area contributed by atoms with E-state index in [-0.39, 0.29) is 12.1 Å². The number of hydrogen-bond donors (Lipinski definition) is 2.